The molecule has 0 saturated heterocycles. The van der Waals surface area contributed by atoms with E-state index in [0.717, 1.165) is 33.8 Å². The van der Waals surface area contributed by atoms with Gasteiger partial charge in [0, 0.05) is 28.9 Å². The third-order valence-corrected chi connectivity index (χ3v) is 6.69. The maximum Gasteiger partial charge on any atom is 0.308 e. The smallest absolute Gasteiger partial charge is 0.308 e. The van der Waals surface area contributed by atoms with Crippen LogP contribution in [0, 0.1) is 18.8 Å². The predicted octanol–water partition coefficient (Wildman–Crippen LogP) is 6.37. The Kier molecular flexibility index (Phi) is 7.92. The van der Waals surface area contributed by atoms with Crippen molar-refractivity contribution < 1.29 is 9.90 Å². The number of nitrogens with zero attached hydrogens (tertiary/aromatic N) is 2. The topological polar surface area (TPSA) is 75.1 Å². The maximum absolute atomic E-state index is 11.8. The second kappa shape index (κ2) is 10.4. The summed E-state index contributed by atoms with van der Waals surface area (Å²) in [5.74, 6) is -0.983. The van der Waals surface area contributed by atoms with Crippen molar-refractivity contribution in [1.29, 1.82) is 0 Å². The molecule has 3 rings (SSSR count). The highest BCUT2D eigenvalue weighted by Gasteiger charge is 2.21. The Morgan fingerprint density at radius 2 is 1.97 bits per heavy atom. The quantitative estimate of drug-likeness (QED) is 0.374. The summed E-state index contributed by atoms with van der Waals surface area (Å²) in [5, 5.41) is 14.6. The van der Waals surface area contributed by atoms with Gasteiger partial charge in [0.25, 0.3) is 0 Å². The van der Waals surface area contributed by atoms with Crippen molar-refractivity contribution in [3.05, 3.63) is 62.7 Å². The van der Waals surface area contributed by atoms with Crippen LogP contribution < -0.4 is 5.32 Å². The highest BCUT2D eigenvalue weighted by molar-refractivity contribution is 7.16. The third-order valence-electron chi connectivity index (χ3n) is 4.92. The fourth-order valence-corrected chi connectivity index (χ4v) is 4.76. The van der Waals surface area contributed by atoms with Crippen molar-refractivity contribution in [1.82, 2.24) is 9.97 Å². The van der Waals surface area contributed by atoms with Crippen molar-refractivity contribution >= 4 is 45.6 Å². The van der Waals surface area contributed by atoms with Crippen LogP contribution in [0.25, 0.3) is 11.3 Å². The van der Waals surface area contributed by atoms with Gasteiger partial charge in [-0.25, -0.2) is 4.98 Å². The first-order valence-corrected chi connectivity index (χ1v) is 11.6. The van der Waals surface area contributed by atoms with Crippen molar-refractivity contribution in [2.45, 2.75) is 33.6 Å². The minimum atomic E-state index is -0.848. The molecule has 0 aliphatic heterocycles. The number of halogens is 2. The first-order chi connectivity index (χ1) is 14.7. The first kappa shape index (κ1) is 23.5. The third kappa shape index (κ3) is 6.19. The number of aryl methyl sites for hydroxylation is 1. The van der Waals surface area contributed by atoms with E-state index in [1.54, 1.807) is 23.6 Å². The molecule has 164 valence electrons. The summed E-state index contributed by atoms with van der Waals surface area (Å²) in [5.41, 5.74) is 3.54. The summed E-state index contributed by atoms with van der Waals surface area (Å²) in [6, 6.07) is 9.24. The van der Waals surface area contributed by atoms with E-state index in [1.807, 2.05) is 31.2 Å². The van der Waals surface area contributed by atoms with Gasteiger partial charge in [-0.05, 0) is 49.4 Å². The van der Waals surface area contributed by atoms with Gasteiger partial charge in [0.15, 0.2) is 5.13 Å². The van der Waals surface area contributed by atoms with E-state index in [0.29, 0.717) is 27.5 Å². The number of carboxylic acids is 1. The number of aromatic nitrogens is 2. The van der Waals surface area contributed by atoms with Crippen LogP contribution in [-0.2, 0) is 17.6 Å². The number of thiazole rings is 1. The molecule has 8 heteroatoms. The molecule has 1 unspecified atom stereocenters. The SMILES string of the molecule is Cc1ncccc1CC(CNc1nc(-c2ccc(Cl)c(Cl)c2)c(CC(C)C)s1)C(=O)O. The summed E-state index contributed by atoms with van der Waals surface area (Å²) in [7, 11) is 0. The number of rotatable bonds is 9. The van der Waals surface area contributed by atoms with Gasteiger partial charge in [-0.2, -0.15) is 0 Å². The molecule has 1 atom stereocenters. The van der Waals surface area contributed by atoms with Crippen LogP contribution in [0.3, 0.4) is 0 Å². The summed E-state index contributed by atoms with van der Waals surface area (Å²) < 4.78 is 0. The lowest BCUT2D eigenvalue weighted by Crippen LogP contribution is -2.25. The van der Waals surface area contributed by atoms with Crippen molar-refractivity contribution in [2.75, 3.05) is 11.9 Å². The Morgan fingerprint density at radius 3 is 2.61 bits per heavy atom. The molecule has 3 aromatic rings. The normalized spacial score (nSPS) is 12.2. The minimum absolute atomic E-state index is 0.277. The number of anilines is 1. The number of hydrogen-bond donors (Lipinski definition) is 2. The average molecular weight is 478 g/mol. The van der Waals surface area contributed by atoms with E-state index >= 15 is 0 Å². The summed E-state index contributed by atoms with van der Waals surface area (Å²) >= 11 is 13.8. The van der Waals surface area contributed by atoms with Gasteiger partial charge >= 0.3 is 5.97 Å². The van der Waals surface area contributed by atoms with Crippen LogP contribution in [0.4, 0.5) is 5.13 Å². The molecule has 0 aliphatic rings. The Hall–Kier alpha value is -2.15. The van der Waals surface area contributed by atoms with E-state index in [9.17, 15) is 9.90 Å². The molecule has 2 N–H and O–H groups in total. The Balaban J connectivity index is 1.81. The monoisotopic (exact) mass is 477 g/mol. The van der Waals surface area contributed by atoms with Crippen LogP contribution in [-0.4, -0.2) is 27.6 Å². The average Bonchev–Trinajstić information content (AvgIpc) is 3.10. The number of nitrogens with one attached hydrogen (secondary N) is 1. The van der Waals surface area contributed by atoms with Crippen LogP contribution in [0.2, 0.25) is 10.0 Å². The van der Waals surface area contributed by atoms with E-state index in [-0.39, 0.29) is 6.54 Å². The van der Waals surface area contributed by atoms with Gasteiger partial charge in [0.2, 0.25) is 0 Å². The zero-order valence-corrected chi connectivity index (χ0v) is 20.0. The lowest BCUT2D eigenvalue weighted by atomic mass is 9.98. The Bertz CT molecular complexity index is 1070. The van der Waals surface area contributed by atoms with E-state index in [1.165, 1.54) is 0 Å². The number of benzene rings is 1. The Labute approximate surface area is 196 Å². The van der Waals surface area contributed by atoms with Crippen molar-refractivity contribution in [3.8, 4) is 11.3 Å². The molecule has 0 bridgehead atoms. The molecule has 2 aromatic heterocycles. The van der Waals surface area contributed by atoms with Gasteiger partial charge in [-0.3, -0.25) is 9.78 Å². The molecule has 1 aromatic carbocycles. The molecular weight excluding hydrogens is 453 g/mol. The molecule has 0 amide bonds. The number of hydrogen-bond acceptors (Lipinski definition) is 5. The number of carbonyl (C=O) groups is 1. The first-order valence-electron chi connectivity index (χ1n) is 10.1. The van der Waals surface area contributed by atoms with Crippen LogP contribution in [0.5, 0.6) is 0 Å². The van der Waals surface area contributed by atoms with Crippen LogP contribution in [0.1, 0.15) is 30.0 Å². The molecule has 0 aliphatic carbocycles. The van der Waals surface area contributed by atoms with Gasteiger partial charge in [0.1, 0.15) is 0 Å². The van der Waals surface area contributed by atoms with Gasteiger partial charge in [-0.15, -0.1) is 11.3 Å². The zero-order valence-electron chi connectivity index (χ0n) is 17.7. The van der Waals surface area contributed by atoms with Gasteiger partial charge in [-0.1, -0.05) is 49.2 Å². The number of pyridine rings is 1. The highest BCUT2D eigenvalue weighted by Crippen LogP contribution is 2.35. The van der Waals surface area contributed by atoms with E-state index < -0.39 is 11.9 Å². The Morgan fingerprint density at radius 1 is 1.19 bits per heavy atom. The van der Waals surface area contributed by atoms with Crippen molar-refractivity contribution in [2.24, 2.45) is 11.8 Å². The van der Waals surface area contributed by atoms with Gasteiger partial charge < -0.3 is 10.4 Å². The van der Waals surface area contributed by atoms with Crippen LogP contribution >= 0.6 is 34.5 Å². The lowest BCUT2D eigenvalue weighted by molar-refractivity contribution is -0.141. The summed E-state index contributed by atoms with van der Waals surface area (Å²) in [6.07, 6.45) is 2.99. The molecule has 31 heavy (non-hydrogen) atoms. The van der Waals surface area contributed by atoms with Gasteiger partial charge in [0.05, 0.1) is 21.7 Å². The lowest BCUT2D eigenvalue weighted by Gasteiger charge is -2.14. The van der Waals surface area contributed by atoms with E-state index in [4.69, 9.17) is 28.2 Å². The molecule has 0 saturated carbocycles. The second-order valence-electron chi connectivity index (χ2n) is 7.89. The number of carboxylic acid groups (broad SMARTS) is 1. The molecule has 0 fully saturated rings. The standard InChI is InChI=1S/C23H25Cl2N3O2S/c1-13(2)9-20-21(16-6-7-18(24)19(25)11-16)28-23(31-20)27-12-17(22(29)30)10-15-5-4-8-26-14(15)3/h4-8,11,13,17H,9-10,12H2,1-3H3,(H,27,28)(H,29,30). The summed E-state index contributed by atoms with van der Waals surface area (Å²) in [4.78, 5) is 22.0. The minimum Gasteiger partial charge on any atom is -0.481 e. The number of aliphatic carboxylic acids is 1. The predicted molar refractivity (Wildman–Crippen MR) is 128 cm³/mol. The molecule has 0 radical (unpaired) electrons. The summed E-state index contributed by atoms with van der Waals surface area (Å²) in [6.45, 7) is 6.48. The molecule has 0 spiro atoms. The fourth-order valence-electron chi connectivity index (χ4n) is 3.26. The molecule has 5 nitrogen and oxygen atoms in total. The zero-order chi connectivity index (χ0) is 22.5. The molecule has 2 heterocycles. The maximum atomic E-state index is 11.8. The van der Waals surface area contributed by atoms with Crippen LogP contribution in [0.15, 0.2) is 36.5 Å². The fraction of sp³-hybridized carbons (Fsp3) is 0.348. The van der Waals surface area contributed by atoms with Crippen molar-refractivity contribution in [3.63, 3.8) is 0 Å². The molecular formula is C23H25Cl2N3O2S. The second-order valence-corrected chi connectivity index (χ2v) is 9.78. The van der Waals surface area contributed by atoms with E-state index in [2.05, 4.69) is 24.1 Å². The highest BCUT2D eigenvalue weighted by atomic mass is 35.5. The largest absolute Gasteiger partial charge is 0.481 e.